The molecule has 2 aromatic carbocycles. The molecule has 8 nitrogen and oxygen atoms in total. The van der Waals surface area contributed by atoms with Crippen molar-refractivity contribution in [3.05, 3.63) is 59.7 Å². The van der Waals surface area contributed by atoms with Crippen LogP contribution in [0.1, 0.15) is 49.8 Å². The Bertz CT molecular complexity index is 1130. The predicted octanol–water partition coefficient (Wildman–Crippen LogP) is 3.01. The van der Waals surface area contributed by atoms with Gasteiger partial charge in [0.05, 0.1) is 17.0 Å². The van der Waals surface area contributed by atoms with Gasteiger partial charge in [0.2, 0.25) is 21.8 Å². The minimum atomic E-state index is -3.86. The van der Waals surface area contributed by atoms with Gasteiger partial charge in [-0.1, -0.05) is 31.2 Å². The van der Waals surface area contributed by atoms with Crippen molar-refractivity contribution in [3.63, 3.8) is 0 Å². The number of ether oxygens (including phenoxy) is 1. The van der Waals surface area contributed by atoms with Crippen molar-refractivity contribution in [2.24, 2.45) is 0 Å². The van der Waals surface area contributed by atoms with E-state index >= 15 is 0 Å². The van der Waals surface area contributed by atoms with E-state index in [1.807, 2.05) is 24.3 Å². The molecule has 2 N–H and O–H groups in total. The van der Waals surface area contributed by atoms with Crippen LogP contribution in [0.2, 0.25) is 0 Å². The van der Waals surface area contributed by atoms with E-state index in [4.69, 9.17) is 4.74 Å². The maximum absolute atomic E-state index is 13.6. The smallest absolute Gasteiger partial charge is 0.243 e. The molecular weight excluding hydrogens is 454 g/mol. The van der Waals surface area contributed by atoms with Crippen LogP contribution in [-0.2, 0) is 30.8 Å². The zero-order valence-electron chi connectivity index (χ0n) is 19.3. The largest absolute Gasteiger partial charge is 0.376 e. The minimum absolute atomic E-state index is 0.0224. The lowest BCUT2D eigenvalue weighted by atomic mass is 9.92. The Morgan fingerprint density at radius 1 is 1.09 bits per heavy atom. The summed E-state index contributed by atoms with van der Waals surface area (Å²) in [5, 5.41) is 5.64. The number of amides is 2. The van der Waals surface area contributed by atoms with Crippen LogP contribution in [0.3, 0.4) is 0 Å². The first-order chi connectivity index (χ1) is 16.4. The summed E-state index contributed by atoms with van der Waals surface area (Å²) in [6.07, 6.45) is 2.88. The molecule has 2 aromatic rings. The van der Waals surface area contributed by atoms with Gasteiger partial charge in [-0.15, -0.1) is 0 Å². The van der Waals surface area contributed by atoms with Crippen molar-refractivity contribution in [1.29, 1.82) is 0 Å². The molecule has 1 saturated heterocycles. The second-order valence-electron chi connectivity index (χ2n) is 8.65. The highest BCUT2D eigenvalue weighted by molar-refractivity contribution is 7.89. The minimum Gasteiger partial charge on any atom is -0.376 e. The quantitative estimate of drug-likeness (QED) is 0.598. The summed E-state index contributed by atoms with van der Waals surface area (Å²) < 4.78 is 34.3. The van der Waals surface area contributed by atoms with E-state index in [1.165, 1.54) is 16.4 Å². The number of benzene rings is 2. The molecule has 9 heteroatoms. The topological polar surface area (TPSA) is 105 Å². The Morgan fingerprint density at radius 2 is 1.85 bits per heavy atom. The van der Waals surface area contributed by atoms with Gasteiger partial charge in [0.15, 0.2) is 0 Å². The van der Waals surface area contributed by atoms with Gasteiger partial charge in [0.1, 0.15) is 0 Å². The van der Waals surface area contributed by atoms with E-state index in [2.05, 4.69) is 10.6 Å². The molecule has 2 atom stereocenters. The van der Waals surface area contributed by atoms with Crippen molar-refractivity contribution in [2.45, 2.75) is 56.1 Å². The molecule has 0 aromatic heterocycles. The molecule has 4 rings (SSSR count). The van der Waals surface area contributed by atoms with E-state index in [9.17, 15) is 18.0 Å². The Labute approximate surface area is 200 Å². The van der Waals surface area contributed by atoms with E-state index < -0.39 is 16.1 Å². The molecule has 0 spiro atoms. The van der Waals surface area contributed by atoms with Crippen molar-refractivity contribution < 1.29 is 22.7 Å². The second kappa shape index (κ2) is 10.7. The van der Waals surface area contributed by atoms with Crippen molar-refractivity contribution in [2.75, 3.05) is 25.0 Å². The summed E-state index contributed by atoms with van der Waals surface area (Å²) >= 11 is 0. The second-order valence-corrected chi connectivity index (χ2v) is 10.5. The maximum atomic E-state index is 13.6. The molecule has 0 aliphatic carbocycles. The number of carbonyl (C=O) groups excluding carboxylic acids is 2. The summed E-state index contributed by atoms with van der Waals surface area (Å²) in [5.41, 5.74) is 2.46. The molecule has 2 heterocycles. The Kier molecular flexibility index (Phi) is 7.65. The van der Waals surface area contributed by atoms with Gasteiger partial charge in [-0.05, 0) is 54.7 Å². The van der Waals surface area contributed by atoms with Crippen molar-refractivity contribution in [3.8, 4) is 0 Å². The average molecular weight is 486 g/mol. The number of hydrogen-bond donors (Lipinski definition) is 2. The number of hydrogen-bond acceptors (Lipinski definition) is 5. The summed E-state index contributed by atoms with van der Waals surface area (Å²) in [4.78, 5) is 24.6. The standard InChI is InChI=1S/C25H31N3O5S/c1-2-24(29)27-19-9-11-21(12-10-19)34(31,32)28-14-13-18-6-3-4-8-22(18)23(28)16-25(30)26-17-20-7-5-15-33-20/h3-4,6,8-12,20,23H,2,5,7,13-17H2,1H3,(H,26,30)(H,27,29). The van der Waals surface area contributed by atoms with Gasteiger partial charge in [0.25, 0.3) is 0 Å². The molecule has 2 aliphatic heterocycles. The molecule has 0 radical (unpaired) electrons. The molecule has 2 unspecified atom stereocenters. The van der Waals surface area contributed by atoms with Gasteiger partial charge in [-0.25, -0.2) is 8.42 Å². The molecule has 182 valence electrons. The normalized spacial score (nSPS) is 20.5. The van der Waals surface area contributed by atoms with Gasteiger partial charge in [-0.3, -0.25) is 9.59 Å². The van der Waals surface area contributed by atoms with Crippen LogP contribution in [0.25, 0.3) is 0 Å². The molecule has 0 saturated carbocycles. The lowest BCUT2D eigenvalue weighted by Crippen LogP contribution is -2.42. The molecule has 2 amide bonds. The summed E-state index contributed by atoms with van der Waals surface area (Å²) in [6.45, 7) is 3.19. The molecule has 2 aliphatic rings. The number of anilines is 1. The Hall–Kier alpha value is -2.75. The van der Waals surface area contributed by atoms with E-state index in [0.29, 0.717) is 31.7 Å². The number of carbonyl (C=O) groups is 2. The monoisotopic (exact) mass is 485 g/mol. The van der Waals surface area contributed by atoms with Crippen LogP contribution in [0.4, 0.5) is 5.69 Å². The zero-order valence-corrected chi connectivity index (χ0v) is 20.1. The Morgan fingerprint density at radius 3 is 2.56 bits per heavy atom. The van der Waals surface area contributed by atoms with Gasteiger partial charge in [0, 0.05) is 38.2 Å². The van der Waals surface area contributed by atoms with E-state index in [1.54, 1.807) is 19.1 Å². The Balaban J connectivity index is 1.55. The van der Waals surface area contributed by atoms with E-state index in [0.717, 1.165) is 24.0 Å². The van der Waals surface area contributed by atoms with Crippen LogP contribution < -0.4 is 10.6 Å². The lowest BCUT2D eigenvalue weighted by Gasteiger charge is -2.36. The third-order valence-electron chi connectivity index (χ3n) is 6.36. The first kappa shape index (κ1) is 24.4. The number of fused-ring (bicyclic) bond motifs is 1. The molecule has 0 bridgehead atoms. The van der Waals surface area contributed by atoms with Crippen molar-refractivity contribution >= 4 is 27.5 Å². The first-order valence-electron chi connectivity index (χ1n) is 11.8. The average Bonchev–Trinajstić information content (AvgIpc) is 3.37. The van der Waals surface area contributed by atoms with Crippen LogP contribution in [-0.4, -0.2) is 50.3 Å². The number of nitrogens with zero attached hydrogens (tertiary/aromatic N) is 1. The highest BCUT2D eigenvalue weighted by Gasteiger charge is 2.37. The summed E-state index contributed by atoms with van der Waals surface area (Å²) in [5.74, 6) is -0.340. The highest BCUT2D eigenvalue weighted by atomic mass is 32.2. The van der Waals surface area contributed by atoms with Gasteiger partial charge < -0.3 is 15.4 Å². The third kappa shape index (κ3) is 5.48. The molecule has 1 fully saturated rings. The summed E-state index contributed by atoms with van der Waals surface area (Å²) in [7, 11) is -3.86. The van der Waals surface area contributed by atoms with Gasteiger partial charge in [-0.2, -0.15) is 4.31 Å². The fourth-order valence-electron chi connectivity index (χ4n) is 4.50. The number of rotatable bonds is 8. The van der Waals surface area contributed by atoms with E-state index in [-0.39, 0.29) is 35.8 Å². The first-order valence-corrected chi connectivity index (χ1v) is 13.2. The third-order valence-corrected chi connectivity index (χ3v) is 8.28. The molecule has 34 heavy (non-hydrogen) atoms. The van der Waals surface area contributed by atoms with Crippen LogP contribution in [0, 0.1) is 0 Å². The van der Waals surface area contributed by atoms with Crippen LogP contribution in [0.15, 0.2) is 53.4 Å². The highest BCUT2D eigenvalue weighted by Crippen LogP contribution is 2.36. The number of nitrogens with one attached hydrogen (secondary N) is 2. The molecular formula is C25H31N3O5S. The van der Waals surface area contributed by atoms with Crippen molar-refractivity contribution in [1.82, 2.24) is 9.62 Å². The predicted molar refractivity (Wildman–Crippen MR) is 129 cm³/mol. The van der Waals surface area contributed by atoms with Crippen LogP contribution in [0.5, 0.6) is 0 Å². The zero-order chi connectivity index (χ0) is 24.1. The summed E-state index contributed by atoms with van der Waals surface area (Å²) in [6, 6.07) is 13.3. The fourth-order valence-corrected chi connectivity index (χ4v) is 6.11. The maximum Gasteiger partial charge on any atom is 0.243 e. The SMILES string of the molecule is CCC(=O)Nc1ccc(S(=O)(=O)N2CCc3ccccc3C2CC(=O)NCC2CCCO2)cc1. The van der Waals surface area contributed by atoms with Gasteiger partial charge >= 0.3 is 0 Å². The fraction of sp³-hybridized carbons (Fsp3) is 0.440. The lowest BCUT2D eigenvalue weighted by molar-refractivity contribution is -0.122. The van der Waals surface area contributed by atoms with Crippen LogP contribution >= 0.6 is 0 Å². The number of sulfonamides is 1.